The maximum Gasteiger partial charge on any atom is 0.254 e. The molecule has 1 heterocycles. The molecular weight excluding hydrogens is 420 g/mol. The molecule has 3 rings (SSSR count). The summed E-state index contributed by atoms with van der Waals surface area (Å²) in [5, 5.41) is 2.43. The van der Waals surface area contributed by atoms with E-state index < -0.39 is 23.1 Å². The van der Waals surface area contributed by atoms with Crippen molar-refractivity contribution >= 4 is 27.5 Å². The molecule has 0 bridgehead atoms. The lowest BCUT2D eigenvalue weighted by Crippen LogP contribution is -2.29. The van der Waals surface area contributed by atoms with Crippen LogP contribution in [0.15, 0.2) is 57.8 Å². The number of carbonyl (C=O) groups is 1. The van der Waals surface area contributed by atoms with Crippen LogP contribution in [0.2, 0.25) is 0 Å². The SMILES string of the molecule is Cc1cc(=O)n(CC(=O)Nc2ccc(Br)cc2F)c(-c2ccc(F)cc2)n1. The minimum absolute atomic E-state index is 0.000322. The molecule has 0 spiro atoms. The fourth-order valence-electron chi connectivity index (χ4n) is 2.52. The predicted octanol–water partition coefficient (Wildman–Crippen LogP) is 3.90. The Hall–Kier alpha value is -2.87. The average molecular weight is 434 g/mol. The normalized spacial score (nSPS) is 10.7. The van der Waals surface area contributed by atoms with Crippen LogP contribution in [-0.2, 0) is 11.3 Å². The van der Waals surface area contributed by atoms with Gasteiger partial charge in [0.25, 0.3) is 5.56 Å². The van der Waals surface area contributed by atoms with Crippen LogP contribution >= 0.6 is 15.9 Å². The number of hydrogen-bond acceptors (Lipinski definition) is 3. The number of amides is 1. The zero-order chi connectivity index (χ0) is 19.6. The third-order valence-corrected chi connectivity index (χ3v) is 4.24. The molecule has 0 atom stereocenters. The molecule has 3 aromatic rings. The van der Waals surface area contributed by atoms with E-state index in [9.17, 15) is 18.4 Å². The van der Waals surface area contributed by atoms with Crippen LogP contribution in [0.4, 0.5) is 14.5 Å². The third-order valence-electron chi connectivity index (χ3n) is 3.75. The number of aromatic nitrogens is 2. The van der Waals surface area contributed by atoms with Crippen molar-refractivity contribution in [1.29, 1.82) is 0 Å². The van der Waals surface area contributed by atoms with Crippen molar-refractivity contribution in [2.75, 3.05) is 5.32 Å². The van der Waals surface area contributed by atoms with E-state index in [1.54, 1.807) is 13.0 Å². The molecule has 0 aliphatic carbocycles. The van der Waals surface area contributed by atoms with Crippen LogP contribution in [0.3, 0.4) is 0 Å². The molecule has 138 valence electrons. The fourth-order valence-corrected chi connectivity index (χ4v) is 2.85. The molecule has 1 N–H and O–H groups in total. The Morgan fingerprint density at radius 2 is 1.85 bits per heavy atom. The van der Waals surface area contributed by atoms with Crippen molar-refractivity contribution < 1.29 is 13.6 Å². The van der Waals surface area contributed by atoms with E-state index in [0.717, 1.165) is 4.57 Å². The highest BCUT2D eigenvalue weighted by Crippen LogP contribution is 2.20. The molecule has 0 fully saturated rings. The van der Waals surface area contributed by atoms with Crippen molar-refractivity contribution in [2.45, 2.75) is 13.5 Å². The highest BCUT2D eigenvalue weighted by atomic mass is 79.9. The average Bonchev–Trinajstić information content (AvgIpc) is 2.60. The lowest BCUT2D eigenvalue weighted by molar-refractivity contribution is -0.116. The molecule has 0 radical (unpaired) electrons. The van der Waals surface area contributed by atoms with Crippen molar-refractivity contribution in [3.63, 3.8) is 0 Å². The molecule has 8 heteroatoms. The molecule has 0 aliphatic rings. The summed E-state index contributed by atoms with van der Waals surface area (Å²) >= 11 is 3.14. The van der Waals surface area contributed by atoms with Gasteiger partial charge in [-0.15, -0.1) is 0 Å². The van der Waals surface area contributed by atoms with Gasteiger partial charge in [0, 0.05) is 21.8 Å². The van der Waals surface area contributed by atoms with Gasteiger partial charge in [-0.2, -0.15) is 0 Å². The predicted molar refractivity (Wildman–Crippen MR) is 101 cm³/mol. The number of nitrogens with one attached hydrogen (secondary N) is 1. The number of hydrogen-bond donors (Lipinski definition) is 1. The smallest absolute Gasteiger partial charge is 0.254 e. The second kappa shape index (κ2) is 7.79. The van der Waals surface area contributed by atoms with Crippen molar-refractivity contribution in [3.8, 4) is 11.4 Å². The first-order valence-electron chi connectivity index (χ1n) is 7.93. The summed E-state index contributed by atoms with van der Waals surface area (Å²) in [5.41, 5.74) is 0.516. The number of carbonyl (C=O) groups excluding carboxylic acids is 1. The second-order valence-corrected chi connectivity index (χ2v) is 6.74. The highest BCUT2D eigenvalue weighted by Gasteiger charge is 2.14. The minimum Gasteiger partial charge on any atom is -0.322 e. The summed E-state index contributed by atoms with van der Waals surface area (Å²) < 4.78 is 28.8. The van der Waals surface area contributed by atoms with E-state index in [4.69, 9.17) is 0 Å². The Morgan fingerprint density at radius 1 is 1.15 bits per heavy atom. The number of halogens is 3. The van der Waals surface area contributed by atoms with Crippen LogP contribution in [0, 0.1) is 18.6 Å². The Balaban J connectivity index is 1.93. The zero-order valence-corrected chi connectivity index (χ0v) is 15.8. The van der Waals surface area contributed by atoms with Gasteiger partial charge in [0.1, 0.15) is 24.0 Å². The summed E-state index contributed by atoms with van der Waals surface area (Å²) in [6.07, 6.45) is 0. The second-order valence-electron chi connectivity index (χ2n) is 5.82. The van der Waals surface area contributed by atoms with Crippen LogP contribution in [0.5, 0.6) is 0 Å². The van der Waals surface area contributed by atoms with Crippen molar-refractivity contribution in [2.24, 2.45) is 0 Å². The van der Waals surface area contributed by atoms with E-state index in [-0.39, 0.29) is 18.1 Å². The summed E-state index contributed by atoms with van der Waals surface area (Å²) in [6, 6.07) is 10.9. The van der Waals surface area contributed by atoms with Gasteiger partial charge in [-0.1, -0.05) is 15.9 Å². The standard InChI is InChI=1S/C19H14BrF2N3O2/c1-11-8-18(27)25(19(23-11)12-2-5-14(21)6-3-12)10-17(26)24-16-7-4-13(20)9-15(16)22/h2-9H,10H2,1H3,(H,24,26). The van der Waals surface area contributed by atoms with Crippen LogP contribution in [0.25, 0.3) is 11.4 Å². The molecule has 1 amide bonds. The van der Waals surface area contributed by atoms with Crippen molar-refractivity contribution in [1.82, 2.24) is 9.55 Å². The lowest BCUT2D eigenvalue weighted by atomic mass is 10.2. The van der Waals surface area contributed by atoms with Gasteiger partial charge >= 0.3 is 0 Å². The Labute approximate surface area is 161 Å². The quantitative estimate of drug-likeness (QED) is 0.678. The first-order valence-corrected chi connectivity index (χ1v) is 8.72. The van der Waals surface area contributed by atoms with Gasteiger partial charge < -0.3 is 5.32 Å². The van der Waals surface area contributed by atoms with Gasteiger partial charge in [-0.25, -0.2) is 13.8 Å². The fraction of sp³-hybridized carbons (Fsp3) is 0.105. The van der Waals surface area contributed by atoms with Gasteiger partial charge in [-0.05, 0) is 49.4 Å². The lowest BCUT2D eigenvalue weighted by Gasteiger charge is -2.13. The van der Waals surface area contributed by atoms with Gasteiger partial charge in [0.15, 0.2) is 0 Å². The van der Waals surface area contributed by atoms with Gasteiger partial charge in [-0.3, -0.25) is 14.2 Å². The van der Waals surface area contributed by atoms with Crippen molar-refractivity contribution in [3.05, 3.63) is 80.7 Å². The molecule has 27 heavy (non-hydrogen) atoms. The minimum atomic E-state index is -0.606. The largest absolute Gasteiger partial charge is 0.322 e. The summed E-state index contributed by atoms with van der Waals surface area (Å²) in [7, 11) is 0. The maximum atomic E-state index is 13.9. The summed E-state index contributed by atoms with van der Waals surface area (Å²) in [6.45, 7) is 1.28. The first kappa shape index (κ1) is 18.9. The Kier molecular flexibility index (Phi) is 5.46. The van der Waals surface area contributed by atoms with Crippen LogP contribution in [0.1, 0.15) is 5.69 Å². The molecule has 0 saturated carbocycles. The molecule has 2 aromatic carbocycles. The van der Waals surface area contributed by atoms with E-state index in [1.807, 2.05) is 0 Å². The molecule has 5 nitrogen and oxygen atoms in total. The molecular formula is C19H14BrF2N3O2. The van der Waals surface area contributed by atoms with E-state index in [2.05, 4.69) is 26.2 Å². The Bertz CT molecular complexity index is 1070. The number of aryl methyl sites for hydroxylation is 1. The van der Waals surface area contributed by atoms with E-state index >= 15 is 0 Å². The summed E-state index contributed by atoms with van der Waals surface area (Å²) in [4.78, 5) is 29.0. The van der Waals surface area contributed by atoms with Crippen LogP contribution < -0.4 is 10.9 Å². The first-order chi connectivity index (χ1) is 12.8. The van der Waals surface area contributed by atoms with E-state index in [0.29, 0.717) is 15.7 Å². The number of rotatable bonds is 4. The van der Waals surface area contributed by atoms with Crippen LogP contribution in [-0.4, -0.2) is 15.5 Å². The molecule has 0 unspecified atom stereocenters. The molecule has 1 aromatic heterocycles. The topological polar surface area (TPSA) is 64.0 Å². The zero-order valence-electron chi connectivity index (χ0n) is 14.2. The number of nitrogens with zero attached hydrogens (tertiary/aromatic N) is 2. The Morgan fingerprint density at radius 3 is 2.52 bits per heavy atom. The number of anilines is 1. The van der Waals surface area contributed by atoms with Gasteiger partial charge in [0.05, 0.1) is 5.69 Å². The third kappa shape index (κ3) is 4.46. The molecule has 0 aliphatic heterocycles. The maximum absolute atomic E-state index is 13.9. The monoisotopic (exact) mass is 433 g/mol. The number of benzene rings is 2. The van der Waals surface area contributed by atoms with E-state index in [1.165, 1.54) is 42.5 Å². The highest BCUT2D eigenvalue weighted by molar-refractivity contribution is 9.10. The van der Waals surface area contributed by atoms with Gasteiger partial charge in [0.2, 0.25) is 5.91 Å². The molecule has 0 saturated heterocycles. The summed E-state index contributed by atoms with van der Waals surface area (Å²) in [5.74, 6) is -1.40.